The predicted octanol–water partition coefficient (Wildman–Crippen LogP) is 1.35. The second-order valence-electron chi connectivity index (χ2n) is 6.04. The highest BCUT2D eigenvalue weighted by atomic mass is 16.3. The van der Waals surface area contributed by atoms with Crippen LogP contribution < -0.4 is 5.73 Å². The molecule has 3 unspecified atom stereocenters. The van der Waals surface area contributed by atoms with Gasteiger partial charge in [-0.25, -0.2) is 0 Å². The van der Waals surface area contributed by atoms with Gasteiger partial charge in [0.2, 0.25) is 0 Å². The van der Waals surface area contributed by atoms with E-state index in [2.05, 4.69) is 4.90 Å². The lowest BCUT2D eigenvalue weighted by molar-refractivity contribution is 0.0657. The van der Waals surface area contributed by atoms with Gasteiger partial charge in [-0.1, -0.05) is 19.3 Å². The number of nitrogens with zero attached hydrogens (tertiary/aromatic N) is 1. The summed E-state index contributed by atoms with van der Waals surface area (Å²) >= 11 is 0. The molecule has 94 valence electrons. The topological polar surface area (TPSA) is 49.5 Å². The van der Waals surface area contributed by atoms with Crippen LogP contribution in [0.15, 0.2) is 0 Å². The summed E-state index contributed by atoms with van der Waals surface area (Å²) in [5.74, 6) is 0.649. The molecule has 0 bridgehead atoms. The monoisotopic (exact) mass is 226 g/mol. The molecule has 0 spiro atoms. The smallest absolute Gasteiger partial charge is 0.0758 e. The first-order chi connectivity index (χ1) is 7.57. The molecule has 0 aromatic heterocycles. The summed E-state index contributed by atoms with van der Waals surface area (Å²) in [7, 11) is 0. The predicted molar refractivity (Wildman–Crippen MR) is 66.2 cm³/mol. The lowest BCUT2D eigenvalue weighted by Crippen LogP contribution is -2.39. The minimum Gasteiger partial charge on any atom is -0.389 e. The summed E-state index contributed by atoms with van der Waals surface area (Å²) in [6.45, 7) is 4.91. The molecular formula is C13H26N2O. The number of nitrogens with two attached hydrogens (primary N) is 1. The van der Waals surface area contributed by atoms with Crippen LogP contribution >= 0.6 is 0 Å². The lowest BCUT2D eigenvalue weighted by Gasteiger charge is -2.27. The van der Waals surface area contributed by atoms with Gasteiger partial charge in [0, 0.05) is 25.7 Å². The van der Waals surface area contributed by atoms with Crippen molar-refractivity contribution in [2.75, 3.05) is 19.6 Å². The molecule has 1 saturated heterocycles. The van der Waals surface area contributed by atoms with E-state index in [1.165, 1.54) is 32.1 Å². The fourth-order valence-electron chi connectivity index (χ4n) is 3.17. The molecule has 2 fully saturated rings. The van der Waals surface area contributed by atoms with Crippen molar-refractivity contribution in [3.63, 3.8) is 0 Å². The van der Waals surface area contributed by atoms with E-state index in [-0.39, 0.29) is 0 Å². The van der Waals surface area contributed by atoms with Crippen molar-refractivity contribution < 1.29 is 5.11 Å². The van der Waals surface area contributed by atoms with Crippen molar-refractivity contribution in [1.29, 1.82) is 0 Å². The molecule has 1 aliphatic carbocycles. The highest BCUT2D eigenvalue weighted by molar-refractivity contribution is 4.88. The van der Waals surface area contributed by atoms with E-state index >= 15 is 0 Å². The van der Waals surface area contributed by atoms with Crippen LogP contribution in [0.2, 0.25) is 0 Å². The Morgan fingerprint density at radius 1 is 1.31 bits per heavy atom. The Balaban J connectivity index is 1.84. The van der Waals surface area contributed by atoms with Crippen LogP contribution in [0.25, 0.3) is 0 Å². The third-order valence-corrected chi connectivity index (χ3v) is 4.24. The number of hydrogen-bond donors (Lipinski definition) is 2. The van der Waals surface area contributed by atoms with Gasteiger partial charge in [-0.3, -0.25) is 0 Å². The van der Waals surface area contributed by atoms with Crippen molar-refractivity contribution in [3.8, 4) is 0 Å². The van der Waals surface area contributed by atoms with E-state index < -0.39 is 5.60 Å². The Morgan fingerprint density at radius 3 is 2.75 bits per heavy atom. The second kappa shape index (κ2) is 5.03. The Labute approximate surface area is 99.0 Å². The number of β-amino-alcohol motifs (C(OH)–C–C–N with tert-alkyl or cyclic N) is 1. The Hall–Kier alpha value is -0.120. The third kappa shape index (κ3) is 3.19. The third-order valence-electron chi connectivity index (χ3n) is 4.24. The second-order valence-corrected chi connectivity index (χ2v) is 6.04. The van der Waals surface area contributed by atoms with Crippen LogP contribution in [0.1, 0.15) is 45.4 Å². The van der Waals surface area contributed by atoms with E-state index in [0.717, 1.165) is 26.1 Å². The number of likely N-dealkylation sites (tertiary alicyclic amines) is 1. The molecule has 0 aromatic carbocycles. The molecular weight excluding hydrogens is 200 g/mol. The molecule has 1 heterocycles. The van der Waals surface area contributed by atoms with E-state index in [1.54, 1.807) is 0 Å². The summed E-state index contributed by atoms with van der Waals surface area (Å²) < 4.78 is 0. The van der Waals surface area contributed by atoms with Crippen LogP contribution in [0.3, 0.4) is 0 Å². The quantitative estimate of drug-likeness (QED) is 0.699. The molecule has 1 aliphatic heterocycles. The highest BCUT2D eigenvalue weighted by Crippen LogP contribution is 2.26. The maximum absolute atomic E-state index is 9.94. The first-order valence-electron chi connectivity index (χ1n) is 6.77. The van der Waals surface area contributed by atoms with Gasteiger partial charge in [-0.05, 0) is 32.1 Å². The van der Waals surface area contributed by atoms with Crippen LogP contribution in [0.5, 0.6) is 0 Å². The molecule has 2 rings (SSSR count). The summed E-state index contributed by atoms with van der Waals surface area (Å²) in [5, 5.41) is 9.94. The fraction of sp³-hybridized carbons (Fsp3) is 1.00. The Kier molecular flexibility index (Phi) is 3.88. The number of hydrogen-bond acceptors (Lipinski definition) is 3. The van der Waals surface area contributed by atoms with Gasteiger partial charge in [-0.15, -0.1) is 0 Å². The maximum Gasteiger partial charge on any atom is 0.0758 e. The van der Waals surface area contributed by atoms with Gasteiger partial charge in [0.05, 0.1) is 5.60 Å². The molecule has 0 radical (unpaired) electrons. The summed E-state index contributed by atoms with van der Waals surface area (Å²) in [6.07, 6.45) is 7.36. The van der Waals surface area contributed by atoms with Gasteiger partial charge >= 0.3 is 0 Å². The molecule has 3 N–H and O–H groups in total. The van der Waals surface area contributed by atoms with Crippen LogP contribution in [0, 0.1) is 5.92 Å². The Morgan fingerprint density at radius 2 is 2.06 bits per heavy atom. The molecule has 0 amide bonds. The van der Waals surface area contributed by atoms with E-state index in [4.69, 9.17) is 5.73 Å². The fourth-order valence-corrected chi connectivity index (χ4v) is 3.17. The largest absolute Gasteiger partial charge is 0.389 e. The SMILES string of the molecule is CC1(O)CCN(CC2CCCCCC2N)C1. The highest BCUT2D eigenvalue weighted by Gasteiger charge is 2.33. The lowest BCUT2D eigenvalue weighted by atomic mass is 9.95. The van der Waals surface area contributed by atoms with E-state index in [0.29, 0.717) is 12.0 Å². The normalized spacial score (nSPS) is 42.2. The van der Waals surface area contributed by atoms with Crippen molar-refractivity contribution in [1.82, 2.24) is 4.90 Å². The molecule has 3 atom stereocenters. The van der Waals surface area contributed by atoms with Gasteiger partial charge in [-0.2, -0.15) is 0 Å². The van der Waals surface area contributed by atoms with Gasteiger partial charge in [0.1, 0.15) is 0 Å². The van der Waals surface area contributed by atoms with Crippen molar-refractivity contribution in [2.45, 2.75) is 57.1 Å². The van der Waals surface area contributed by atoms with Gasteiger partial charge in [0.25, 0.3) is 0 Å². The van der Waals surface area contributed by atoms with Crippen molar-refractivity contribution in [2.24, 2.45) is 11.7 Å². The first-order valence-corrected chi connectivity index (χ1v) is 6.77. The molecule has 3 nitrogen and oxygen atoms in total. The Bertz CT molecular complexity index is 230. The van der Waals surface area contributed by atoms with E-state index in [1.807, 2.05) is 6.92 Å². The molecule has 3 heteroatoms. The molecule has 16 heavy (non-hydrogen) atoms. The summed E-state index contributed by atoms with van der Waals surface area (Å²) in [6, 6.07) is 0.382. The summed E-state index contributed by atoms with van der Waals surface area (Å²) in [4.78, 5) is 2.40. The van der Waals surface area contributed by atoms with Crippen LogP contribution in [-0.4, -0.2) is 41.3 Å². The standard InChI is InChI=1S/C13H26N2O/c1-13(16)7-8-15(10-13)9-11-5-3-2-4-6-12(11)14/h11-12,16H,2-10,14H2,1H3. The first kappa shape index (κ1) is 12.3. The minimum atomic E-state index is -0.463. The van der Waals surface area contributed by atoms with Crippen LogP contribution in [-0.2, 0) is 0 Å². The maximum atomic E-state index is 9.94. The van der Waals surface area contributed by atoms with Gasteiger partial charge < -0.3 is 15.7 Å². The molecule has 2 aliphatic rings. The number of aliphatic hydroxyl groups is 1. The molecule has 1 saturated carbocycles. The summed E-state index contributed by atoms with van der Waals surface area (Å²) in [5.41, 5.74) is 5.77. The zero-order valence-corrected chi connectivity index (χ0v) is 10.5. The van der Waals surface area contributed by atoms with Crippen molar-refractivity contribution in [3.05, 3.63) is 0 Å². The zero-order chi connectivity index (χ0) is 11.6. The molecule has 0 aromatic rings. The minimum absolute atomic E-state index is 0.382. The average molecular weight is 226 g/mol. The van der Waals surface area contributed by atoms with Gasteiger partial charge in [0.15, 0.2) is 0 Å². The van der Waals surface area contributed by atoms with Crippen molar-refractivity contribution >= 4 is 0 Å². The van der Waals surface area contributed by atoms with Crippen LogP contribution in [0.4, 0.5) is 0 Å². The zero-order valence-electron chi connectivity index (χ0n) is 10.5. The van der Waals surface area contributed by atoms with E-state index in [9.17, 15) is 5.11 Å². The number of rotatable bonds is 2. The average Bonchev–Trinajstić information content (AvgIpc) is 2.41.